The largest absolute Gasteiger partial charge is 0.318 e. The lowest BCUT2D eigenvalue weighted by molar-refractivity contribution is 0.102. The molecule has 0 atom stereocenters. The number of hydrogen-bond acceptors (Lipinski definition) is 3. The van der Waals surface area contributed by atoms with Crippen molar-refractivity contribution in [3.8, 4) is 5.69 Å². The minimum Gasteiger partial charge on any atom is -0.318 e. The van der Waals surface area contributed by atoms with Crippen LogP contribution in [0.15, 0.2) is 55.2 Å². The molecule has 3 rings (SSSR count). The van der Waals surface area contributed by atoms with Gasteiger partial charge in [0.05, 0.1) is 24.4 Å². The van der Waals surface area contributed by atoms with Crippen LogP contribution in [0.3, 0.4) is 0 Å². The van der Waals surface area contributed by atoms with Gasteiger partial charge in [-0.25, -0.2) is 4.98 Å². The van der Waals surface area contributed by atoms with Gasteiger partial charge in [0.1, 0.15) is 5.69 Å². The second-order valence-corrected chi connectivity index (χ2v) is 3.93. The molecule has 0 fully saturated rings. The van der Waals surface area contributed by atoms with Crippen molar-refractivity contribution < 1.29 is 4.79 Å². The fraction of sp³-hybridized carbons (Fsp3) is 0. The Hall–Kier alpha value is -2.89. The van der Waals surface area contributed by atoms with Crippen LogP contribution in [0.2, 0.25) is 0 Å². The quantitative estimate of drug-likeness (QED) is 0.748. The second-order valence-electron chi connectivity index (χ2n) is 3.93. The SMILES string of the molecule is O=C(Nc1cn[nH]c1)c1cncn1-c1ccccc1. The van der Waals surface area contributed by atoms with Gasteiger partial charge in [-0.1, -0.05) is 18.2 Å². The molecule has 6 heteroatoms. The van der Waals surface area contributed by atoms with Crippen LogP contribution in [0.25, 0.3) is 5.69 Å². The number of carbonyl (C=O) groups excluding carboxylic acids is 1. The van der Waals surface area contributed by atoms with Crippen molar-refractivity contribution in [2.24, 2.45) is 0 Å². The monoisotopic (exact) mass is 253 g/mol. The summed E-state index contributed by atoms with van der Waals surface area (Å²) in [6, 6.07) is 9.57. The Morgan fingerprint density at radius 3 is 2.79 bits per heavy atom. The number of anilines is 1. The molecule has 2 heterocycles. The maximum atomic E-state index is 12.2. The zero-order valence-electron chi connectivity index (χ0n) is 9.95. The van der Waals surface area contributed by atoms with E-state index in [1.807, 2.05) is 30.3 Å². The van der Waals surface area contributed by atoms with Gasteiger partial charge in [-0.15, -0.1) is 0 Å². The third kappa shape index (κ3) is 2.23. The zero-order chi connectivity index (χ0) is 13.1. The maximum absolute atomic E-state index is 12.2. The van der Waals surface area contributed by atoms with E-state index < -0.39 is 0 Å². The molecular weight excluding hydrogens is 242 g/mol. The summed E-state index contributed by atoms with van der Waals surface area (Å²) in [5, 5.41) is 9.16. The van der Waals surface area contributed by atoms with E-state index >= 15 is 0 Å². The Bertz CT molecular complexity index is 672. The summed E-state index contributed by atoms with van der Waals surface area (Å²) < 4.78 is 1.73. The highest BCUT2D eigenvalue weighted by atomic mass is 16.2. The molecule has 1 amide bonds. The van der Waals surface area contributed by atoms with Crippen LogP contribution in [-0.2, 0) is 0 Å². The highest BCUT2D eigenvalue weighted by molar-refractivity contribution is 6.03. The molecule has 0 saturated heterocycles. The second kappa shape index (κ2) is 4.77. The predicted octanol–water partition coefficient (Wildman–Crippen LogP) is 1.85. The van der Waals surface area contributed by atoms with Crippen molar-refractivity contribution >= 4 is 11.6 Å². The number of amides is 1. The predicted molar refractivity (Wildman–Crippen MR) is 70.1 cm³/mol. The molecule has 2 N–H and O–H groups in total. The number of rotatable bonds is 3. The number of benzene rings is 1. The van der Waals surface area contributed by atoms with E-state index in [-0.39, 0.29) is 5.91 Å². The summed E-state index contributed by atoms with van der Waals surface area (Å²) in [6.07, 6.45) is 6.30. The number of hydrogen-bond donors (Lipinski definition) is 2. The van der Waals surface area contributed by atoms with Crippen molar-refractivity contribution in [1.29, 1.82) is 0 Å². The standard InChI is InChI=1S/C13H11N5O/c19-13(17-10-6-15-16-7-10)12-8-14-9-18(12)11-4-2-1-3-5-11/h1-9H,(H,15,16)(H,17,19). The fourth-order valence-corrected chi connectivity index (χ4v) is 1.77. The van der Waals surface area contributed by atoms with Crippen LogP contribution in [0, 0.1) is 0 Å². The molecule has 0 aliphatic heterocycles. The molecule has 3 aromatic rings. The van der Waals surface area contributed by atoms with Crippen molar-refractivity contribution in [1.82, 2.24) is 19.7 Å². The number of aromatic nitrogens is 4. The minimum absolute atomic E-state index is 0.234. The molecule has 0 bridgehead atoms. The smallest absolute Gasteiger partial charge is 0.274 e. The summed E-state index contributed by atoms with van der Waals surface area (Å²) in [5.74, 6) is -0.234. The Kier molecular flexibility index (Phi) is 2.82. The van der Waals surface area contributed by atoms with Crippen LogP contribution in [0.4, 0.5) is 5.69 Å². The molecule has 1 aromatic carbocycles. The van der Waals surface area contributed by atoms with Gasteiger partial charge in [0.25, 0.3) is 5.91 Å². The zero-order valence-corrected chi connectivity index (χ0v) is 9.95. The van der Waals surface area contributed by atoms with Gasteiger partial charge in [-0.3, -0.25) is 14.5 Å². The highest BCUT2D eigenvalue weighted by Gasteiger charge is 2.13. The van der Waals surface area contributed by atoms with Crippen LogP contribution in [0.1, 0.15) is 10.5 Å². The molecule has 0 radical (unpaired) electrons. The van der Waals surface area contributed by atoms with Crippen LogP contribution in [-0.4, -0.2) is 25.7 Å². The molecule has 0 aliphatic carbocycles. The number of aromatic amines is 1. The molecule has 19 heavy (non-hydrogen) atoms. The van der Waals surface area contributed by atoms with E-state index in [2.05, 4.69) is 20.5 Å². The summed E-state index contributed by atoms with van der Waals surface area (Å²) >= 11 is 0. The van der Waals surface area contributed by atoms with Crippen molar-refractivity contribution in [2.75, 3.05) is 5.32 Å². The maximum Gasteiger partial charge on any atom is 0.274 e. The van der Waals surface area contributed by atoms with Gasteiger partial charge in [0.2, 0.25) is 0 Å². The van der Waals surface area contributed by atoms with Gasteiger partial charge in [-0.2, -0.15) is 5.10 Å². The Morgan fingerprint density at radius 2 is 2.05 bits per heavy atom. The normalized spacial score (nSPS) is 10.3. The lowest BCUT2D eigenvalue weighted by atomic mass is 10.3. The molecule has 0 saturated carbocycles. The number of carbonyl (C=O) groups is 1. The topological polar surface area (TPSA) is 75.6 Å². The number of para-hydroxylation sites is 1. The first-order valence-electron chi connectivity index (χ1n) is 5.72. The van der Waals surface area contributed by atoms with Gasteiger partial charge >= 0.3 is 0 Å². The Morgan fingerprint density at radius 1 is 1.21 bits per heavy atom. The van der Waals surface area contributed by atoms with Crippen LogP contribution in [0.5, 0.6) is 0 Å². The first kappa shape index (κ1) is 11.2. The molecule has 6 nitrogen and oxygen atoms in total. The number of H-pyrrole nitrogens is 1. The highest BCUT2D eigenvalue weighted by Crippen LogP contribution is 2.12. The molecule has 2 aromatic heterocycles. The van der Waals surface area contributed by atoms with E-state index in [0.717, 1.165) is 5.69 Å². The van der Waals surface area contributed by atoms with Crippen molar-refractivity contribution in [2.45, 2.75) is 0 Å². The van der Waals surface area contributed by atoms with E-state index in [1.165, 1.54) is 6.20 Å². The number of nitrogens with one attached hydrogen (secondary N) is 2. The van der Waals surface area contributed by atoms with Crippen molar-refractivity contribution in [3.63, 3.8) is 0 Å². The first-order chi connectivity index (χ1) is 9.34. The fourth-order valence-electron chi connectivity index (χ4n) is 1.77. The van der Waals surface area contributed by atoms with E-state index in [0.29, 0.717) is 11.4 Å². The molecule has 94 valence electrons. The van der Waals surface area contributed by atoms with Gasteiger partial charge in [-0.05, 0) is 12.1 Å². The van der Waals surface area contributed by atoms with Crippen LogP contribution >= 0.6 is 0 Å². The molecular formula is C13H11N5O. The van der Waals surface area contributed by atoms with E-state index in [9.17, 15) is 4.79 Å². The third-order valence-corrected chi connectivity index (χ3v) is 2.66. The Balaban J connectivity index is 1.90. The van der Waals surface area contributed by atoms with E-state index in [1.54, 1.807) is 23.3 Å². The lowest BCUT2D eigenvalue weighted by Crippen LogP contribution is -2.15. The third-order valence-electron chi connectivity index (χ3n) is 2.66. The number of nitrogens with zero attached hydrogens (tertiary/aromatic N) is 3. The summed E-state index contributed by atoms with van der Waals surface area (Å²) in [5.41, 5.74) is 1.97. The first-order valence-corrected chi connectivity index (χ1v) is 5.72. The number of imidazole rings is 1. The molecule has 0 unspecified atom stereocenters. The Labute approximate surface area is 109 Å². The lowest BCUT2D eigenvalue weighted by Gasteiger charge is -2.07. The molecule has 0 spiro atoms. The van der Waals surface area contributed by atoms with Crippen molar-refractivity contribution in [3.05, 3.63) is 60.9 Å². The minimum atomic E-state index is -0.234. The van der Waals surface area contributed by atoms with Crippen LogP contribution < -0.4 is 5.32 Å². The summed E-state index contributed by atoms with van der Waals surface area (Å²) in [7, 11) is 0. The molecule has 0 aliphatic rings. The summed E-state index contributed by atoms with van der Waals surface area (Å²) in [6.45, 7) is 0. The summed E-state index contributed by atoms with van der Waals surface area (Å²) in [4.78, 5) is 16.2. The van der Waals surface area contributed by atoms with Gasteiger partial charge in [0.15, 0.2) is 0 Å². The van der Waals surface area contributed by atoms with Gasteiger partial charge in [0, 0.05) is 11.9 Å². The average Bonchev–Trinajstić information content (AvgIpc) is 3.10. The van der Waals surface area contributed by atoms with Gasteiger partial charge < -0.3 is 5.32 Å². The average molecular weight is 253 g/mol. The van der Waals surface area contributed by atoms with E-state index in [4.69, 9.17) is 0 Å².